The Morgan fingerprint density at radius 1 is 1.25 bits per heavy atom. The predicted molar refractivity (Wildman–Crippen MR) is 56.6 cm³/mol. The van der Waals surface area contributed by atoms with Crippen LogP contribution in [-0.4, -0.2) is 24.1 Å². The Hall–Kier alpha value is -0.900. The van der Waals surface area contributed by atoms with E-state index in [0.29, 0.717) is 12.8 Å². The van der Waals surface area contributed by atoms with Crippen LogP contribution < -0.4 is 0 Å². The van der Waals surface area contributed by atoms with E-state index < -0.39 is 12.4 Å². The number of esters is 1. The lowest BCUT2D eigenvalue weighted by atomic mass is 9.96. The largest absolute Gasteiger partial charge is 0.433 e. The molecular formula is C12H18O4. The third-order valence-electron chi connectivity index (χ3n) is 3.14. The second-order valence-electron chi connectivity index (χ2n) is 5.73. The summed E-state index contributed by atoms with van der Waals surface area (Å²) in [5.74, 6) is -0.0624. The maximum atomic E-state index is 11.7. The molecule has 16 heavy (non-hydrogen) atoms. The Labute approximate surface area is 95.3 Å². The molecule has 0 unspecified atom stereocenters. The zero-order valence-corrected chi connectivity index (χ0v) is 9.99. The van der Waals surface area contributed by atoms with Gasteiger partial charge in [-0.05, 0) is 6.42 Å². The second-order valence-corrected chi connectivity index (χ2v) is 5.73. The normalized spacial score (nSPS) is 35.6. The molecule has 1 aliphatic carbocycles. The topological polar surface area (TPSA) is 52.6 Å². The van der Waals surface area contributed by atoms with E-state index in [2.05, 4.69) is 0 Å². The van der Waals surface area contributed by atoms with Crippen molar-refractivity contribution < 1.29 is 19.1 Å². The van der Waals surface area contributed by atoms with E-state index in [-0.39, 0.29) is 23.1 Å². The SMILES string of the molecule is CC(C)(C)[C@H]1OC(=O)[C@@H]([C@@H]2CCC(=O)C2)O1. The molecule has 1 saturated heterocycles. The van der Waals surface area contributed by atoms with Gasteiger partial charge in [-0.1, -0.05) is 20.8 Å². The van der Waals surface area contributed by atoms with Crippen LogP contribution in [0.3, 0.4) is 0 Å². The second kappa shape index (κ2) is 3.84. The fourth-order valence-corrected chi connectivity index (χ4v) is 2.17. The molecule has 0 amide bonds. The van der Waals surface area contributed by atoms with Gasteiger partial charge in [-0.15, -0.1) is 0 Å². The molecule has 3 atom stereocenters. The number of carbonyl (C=O) groups excluding carboxylic acids is 2. The van der Waals surface area contributed by atoms with Gasteiger partial charge in [-0.2, -0.15) is 0 Å². The highest BCUT2D eigenvalue weighted by Crippen LogP contribution is 2.36. The fourth-order valence-electron chi connectivity index (χ4n) is 2.17. The van der Waals surface area contributed by atoms with Crippen molar-refractivity contribution in [1.29, 1.82) is 0 Å². The van der Waals surface area contributed by atoms with Crippen LogP contribution in [0.1, 0.15) is 40.0 Å². The molecule has 0 spiro atoms. The highest BCUT2D eigenvalue weighted by Gasteiger charge is 2.46. The summed E-state index contributed by atoms with van der Waals surface area (Å²) in [7, 11) is 0. The van der Waals surface area contributed by atoms with Crippen LogP contribution in [0, 0.1) is 11.3 Å². The Kier molecular flexibility index (Phi) is 2.78. The van der Waals surface area contributed by atoms with Crippen LogP contribution in [0.4, 0.5) is 0 Å². The number of hydrogen-bond donors (Lipinski definition) is 0. The number of Topliss-reactive ketones (excluding diaryl/α,β-unsaturated/α-hetero) is 1. The summed E-state index contributed by atoms with van der Waals surface area (Å²) in [5.41, 5.74) is -0.215. The standard InChI is InChI=1S/C12H18O4/c1-12(2,3)11-15-9(10(14)16-11)7-4-5-8(13)6-7/h7,9,11H,4-6H2,1-3H3/t7-,9-,11-/m1/s1. The minimum Gasteiger partial charge on any atom is -0.433 e. The maximum absolute atomic E-state index is 11.7. The third-order valence-corrected chi connectivity index (χ3v) is 3.14. The summed E-state index contributed by atoms with van der Waals surface area (Å²) in [6.07, 6.45) is 0.751. The third kappa shape index (κ3) is 2.12. The van der Waals surface area contributed by atoms with E-state index in [0.717, 1.165) is 6.42 Å². The molecule has 0 radical (unpaired) electrons. The first-order valence-corrected chi connectivity index (χ1v) is 5.75. The average Bonchev–Trinajstić information content (AvgIpc) is 2.70. The minimum atomic E-state index is -0.532. The van der Waals surface area contributed by atoms with Crippen molar-refractivity contribution >= 4 is 11.8 Å². The molecule has 0 N–H and O–H groups in total. The van der Waals surface area contributed by atoms with Gasteiger partial charge in [0.15, 0.2) is 6.10 Å². The van der Waals surface area contributed by atoms with Crippen molar-refractivity contribution in [2.24, 2.45) is 11.3 Å². The first-order valence-electron chi connectivity index (χ1n) is 5.75. The van der Waals surface area contributed by atoms with E-state index in [1.165, 1.54) is 0 Å². The van der Waals surface area contributed by atoms with Crippen molar-refractivity contribution in [3.05, 3.63) is 0 Å². The summed E-state index contributed by atoms with van der Waals surface area (Å²) in [4.78, 5) is 22.9. The number of hydrogen-bond acceptors (Lipinski definition) is 4. The van der Waals surface area contributed by atoms with E-state index in [9.17, 15) is 9.59 Å². The lowest BCUT2D eigenvalue weighted by molar-refractivity contribution is -0.154. The first kappa shape index (κ1) is 11.6. The lowest BCUT2D eigenvalue weighted by Gasteiger charge is -2.24. The molecule has 0 aromatic rings. The molecule has 1 aliphatic heterocycles. The summed E-state index contributed by atoms with van der Waals surface area (Å²) in [6, 6.07) is 0. The summed E-state index contributed by atoms with van der Waals surface area (Å²) >= 11 is 0. The van der Waals surface area contributed by atoms with Crippen molar-refractivity contribution in [3.8, 4) is 0 Å². The summed E-state index contributed by atoms with van der Waals surface area (Å²) < 4.78 is 10.9. The van der Waals surface area contributed by atoms with E-state index in [1.807, 2.05) is 20.8 Å². The maximum Gasteiger partial charge on any atom is 0.338 e. The van der Waals surface area contributed by atoms with Crippen LogP contribution in [0.5, 0.6) is 0 Å². The molecule has 0 bridgehead atoms. The minimum absolute atomic E-state index is 0.0207. The number of cyclic esters (lactones) is 1. The van der Waals surface area contributed by atoms with Crippen molar-refractivity contribution in [2.45, 2.75) is 52.4 Å². The molecule has 2 fully saturated rings. The number of ketones is 1. The quantitative estimate of drug-likeness (QED) is 0.638. The number of ether oxygens (including phenoxy) is 2. The van der Waals surface area contributed by atoms with Gasteiger partial charge in [-0.25, -0.2) is 4.79 Å². The number of rotatable bonds is 1. The van der Waals surface area contributed by atoms with Crippen molar-refractivity contribution in [1.82, 2.24) is 0 Å². The Bertz CT molecular complexity index is 315. The molecule has 2 aliphatic rings. The van der Waals surface area contributed by atoms with E-state index in [4.69, 9.17) is 9.47 Å². The number of carbonyl (C=O) groups is 2. The molecule has 1 saturated carbocycles. The first-order chi connectivity index (χ1) is 7.38. The molecule has 0 aromatic carbocycles. The van der Waals surface area contributed by atoms with Crippen molar-refractivity contribution in [2.75, 3.05) is 0 Å². The summed E-state index contributed by atoms with van der Waals surface area (Å²) in [5, 5.41) is 0. The van der Waals surface area contributed by atoms with Gasteiger partial charge >= 0.3 is 5.97 Å². The van der Waals surface area contributed by atoms with Gasteiger partial charge in [0.1, 0.15) is 5.78 Å². The Morgan fingerprint density at radius 3 is 2.38 bits per heavy atom. The highest BCUT2D eigenvalue weighted by molar-refractivity contribution is 5.83. The van der Waals surface area contributed by atoms with Crippen LogP contribution in [0.15, 0.2) is 0 Å². The van der Waals surface area contributed by atoms with Crippen LogP contribution in [-0.2, 0) is 19.1 Å². The Balaban J connectivity index is 2.03. The fraction of sp³-hybridized carbons (Fsp3) is 0.833. The van der Waals surface area contributed by atoms with Crippen LogP contribution in [0.25, 0.3) is 0 Å². The molecule has 4 nitrogen and oxygen atoms in total. The smallest absolute Gasteiger partial charge is 0.338 e. The monoisotopic (exact) mass is 226 g/mol. The van der Waals surface area contributed by atoms with Gasteiger partial charge in [0.25, 0.3) is 0 Å². The molecule has 4 heteroatoms. The van der Waals surface area contributed by atoms with Gasteiger partial charge in [-0.3, -0.25) is 4.79 Å². The molecule has 90 valence electrons. The van der Waals surface area contributed by atoms with Crippen LogP contribution >= 0.6 is 0 Å². The molecular weight excluding hydrogens is 208 g/mol. The summed E-state index contributed by atoms with van der Waals surface area (Å²) in [6.45, 7) is 5.90. The molecule has 1 heterocycles. The zero-order chi connectivity index (χ0) is 11.9. The van der Waals surface area contributed by atoms with Gasteiger partial charge in [0.2, 0.25) is 6.29 Å². The van der Waals surface area contributed by atoms with E-state index >= 15 is 0 Å². The van der Waals surface area contributed by atoms with Gasteiger partial charge < -0.3 is 9.47 Å². The van der Waals surface area contributed by atoms with Crippen LogP contribution in [0.2, 0.25) is 0 Å². The predicted octanol–water partition coefficient (Wildman–Crippen LogP) is 1.67. The van der Waals surface area contributed by atoms with Crippen molar-refractivity contribution in [3.63, 3.8) is 0 Å². The van der Waals surface area contributed by atoms with Gasteiger partial charge in [0.05, 0.1) is 0 Å². The highest BCUT2D eigenvalue weighted by atomic mass is 16.8. The lowest BCUT2D eigenvalue weighted by Crippen LogP contribution is -2.29. The van der Waals surface area contributed by atoms with Gasteiger partial charge in [0, 0.05) is 24.2 Å². The van der Waals surface area contributed by atoms with E-state index in [1.54, 1.807) is 0 Å². The zero-order valence-electron chi connectivity index (χ0n) is 9.99. The Morgan fingerprint density at radius 2 is 1.94 bits per heavy atom. The molecule has 0 aromatic heterocycles. The average molecular weight is 226 g/mol. The molecule has 2 rings (SSSR count).